The van der Waals surface area contributed by atoms with Crippen molar-refractivity contribution in [3.63, 3.8) is 0 Å². The number of nitrogens with zero attached hydrogens (tertiary/aromatic N) is 1. The molecule has 1 fully saturated rings. The molecule has 0 aromatic heterocycles. The molecule has 1 saturated heterocycles. The van der Waals surface area contributed by atoms with Crippen LogP contribution in [0.25, 0.3) is 0 Å². The molecule has 1 heterocycles. The van der Waals surface area contributed by atoms with Crippen molar-refractivity contribution in [1.29, 1.82) is 0 Å². The van der Waals surface area contributed by atoms with Gasteiger partial charge in [-0.05, 0) is 42.5 Å². The topological polar surface area (TPSA) is 50.8 Å². The Bertz CT molecular complexity index is 706. The van der Waals surface area contributed by atoms with Gasteiger partial charge in [0.25, 0.3) is 0 Å². The van der Waals surface area contributed by atoms with Gasteiger partial charge in [-0.15, -0.1) is 0 Å². The van der Waals surface area contributed by atoms with Gasteiger partial charge in [-0.3, -0.25) is 0 Å². The molecule has 2 aromatic rings. The number of nitrogens with one attached hydrogen (secondary N) is 1. The fourth-order valence-corrected chi connectivity index (χ4v) is 2.86. The summed E-state index contributed by atoms with van der Waals surface area (Å²) in [6.07, 6.45) is -0.152. The average molecular weight is 347 g/mol. The summed E-state index contributed by atoms with van der Waals surface area (Å²) < 4.78 is 10.8. The van der Waals surface area contributed by atoms with Gasteiger partial charge >= 0.3 is 5.97 Å². The van der Waals surface area contributed by atoms with Crippen molar-refractivity contribution in [3.05, 3.63) is 59.1 Å². The van der Waals surface area contributed by atoms with Gasteiger partial charge in [0.05, 0.1) is 19.2 Å². The molecule has 1 aliphatic heterocycles. The lowest BCUT2D eigenvalue weighted by Crippen LogP contribution is -2.54. The molecular weight excluding hydrogens is 328 g/mol. The quantitative estimate of drug-likeness (QED) is 0.863. The standard InChI is InChI=1S/C18H19ClN2O3/c1-23-18(22)13-5-7-15(8-6-13)21-10-9-20-12-17(21)24-16-4-2-3-14(19)11-16/h2-8,11,17,20H,9-10,12H2,1H3. The minimum absolute atomic E-state index is 0.152. The molecule has 24 heavy (non-hydrogen) atoms. The second-order valence-corrected chi connectivity index (χ2v) is 5.90. The lowest BCUT2D eigenvalue weighted by Gasteiger charge is -2.37. The van der Waals surface area contributed by atoms with E-state index in [0.29, 0.717) is 17.1 Å². The number of methoxy groups -OCH3 is 1. The van der Waals surface area contributed by atoms with Crippen molar-refractivity contribution < 1.29 is 14.3 Å². The van der Waals surface area contributed by atoms with Crippen LogP contribution >= 0.6 is 11.6 Å². The zero-order chi connectivity index (χ0) is 16.9. The maximum Gasteiger partial charge on any atom is 0.337 e. The fourth-order valence-electron chi connectivity index (χ4n) is 2.68. The van der Waals surface area contributed by atoms with E-state index in [-0.39, 0.29) is 12.2 Å². The Kier molecular flexibility index (Phi) is 5.23. The van der Waals surface area contributed by atoms with E-state index in [4.69, 9.17) is 21.1 Å². The molecule has 5 nitrogen and oxygen atoms in total. The number of esters is 1. The Morgan fingerprint density at radius 1 is 1.25 bits per heavy atom. The summed E-state index contributed by atoms with van der Waals surface area (Å²) in [5.74, 6) is 0.390. The molecule has 1 N–H and O–H groups in total. The van der Waals surface area contributed by atoms with Crippen molar-refractivity contribution >= 4 is 23.3 Å². The van der Waals surface area contributed by atoms with Gasteiger partial charge in [0.15, 0.2) is 6.23 Å². The Hall–Kier alpha value is -2.24. The van der Waals surface area contributed by atoms with Crippen LogP contribution in [0, 0.1) is 0 Å². The Morgan fingerprint density at radius 3 is 2.75 bits per heavy atom. The second-order valence-electron chi connectivity index (χ2n) is 5.47. The summed E-state index contributed by atoms with van der Waals surface area (Å²) in [6, 6.07) is 14.7. The highest BCUT2D eigenvalue weighted by atomic mass is 35.5. The summed E-state index contributed by atoms with van der Waals surface area (Å²) in [5, 5.41) is 3.98. The number of carbonyl (C=O) groups excluding carboxylic acids is 1. The highest BCUT2D eigenvalue weighted by molar-refractivity contribution is 6.30. The molecule has 1 atom stereocenters. The smallest absolute Gasteiger partial charge is 0.337 e. The number of hydrogen-bond donors (Lipinski definition) is 1. The second kappa shape index (κ2) is 7.55. The molecule has 3 rings (SSSR count). The zero-order valence-corrected chi connectivity index (χ0v) is 14.1. The molecular formula is C18H19ClN2O3. The Balaban J connectivity index is 1.78. The number of carbonyl (C=O) groups is 1. The Labute approximate surface area is 146 Å². The van der Waals surface area contributed by atoms with Gasteiger partial charge in [0.1, 0.15) is 5.75 Å². The average Bonchev–Trinajstić information content (AvgIpc) is 2.62. The first-order valence-electron chi connectivity index (χ1n) is 7.75. The number of hydrogen-bond acceptors (Lipinski definition) is 5. The molecule has 1 aliphatic rings. The molecule has 6 heteroatoms. The highest BCUT2D eigenvalue weighted by Gasteiger charge is 2.24. The third-order valence-corrected chi connectivity index (χ3v) is 4.12. The molecule has 126 valence electrons. The lowest BCUT2D eigenvalue weighted by molar-refractivity contribution is 0.0601. The van der Waals surface area contributed by atoms with Gasteiger partial charge < -0.3 is 19.7 Å². The van der Waals surface area contributed by atoms with Crippen LogP contribution in [0.15, 0.2) is 48.5 Å². The summed E-state index contributed by atoms with van der Waals surface area (Å²) in [4.78, 5) is 13.7. The summed E-state index contributed by atoms with van der Waals surface area (Å²) >= 11 is 6.02. The zero-order valence-electron chi connectivity index (χ0n) is 13.4. The lowest BCUT2D eigenvalue weighted by atomic mass is 10.2. The van der Waals surface area contributed by atoms with Gasteiger partial charge in [0.2, 0.25) is 0 Å². The SMILES string of the molecule is COC(=O)c1ccc(N2CCNCC2Oc2cccc(Cl)c2)cc1. The minimum atomic E-state index is -0.339. The fraction of sp³-hybridized carbons (Fsp3) is 0.278. The monoisotopic (exact) mass is 346 g/mol. The molecule has 0 amide bonds. The third kappa shape index (κ3) is 3.80. The normalized spacial score (nSPS) is 17.4. The number of benzene rings is 2. The summed E-state index contributed by atoms with van der Waals surface area (Å²) in [7, 11) is 1.38. The molecule has 0 aliphatic carbocycles. The van der Waals surface area contributed by atoms with Crippen LogP contribution in [0.2, 0.25) is 5.02 Å². The molecule has 0 radical (unpaired) electrons. The van der Waals surface area contributed by atoms with Crippen LogP contribution in [0.4, 0.5) is 5.69 Å². The number of ether oxygens (including phenoxy) is 2. The van der Waals surface area contributed by atoms with E-state index in [9.17, 15) is 4.79 Å². The van der Waals surface area contributed by atoms with Crippen LogP contribution < -0.4 is 15.0 Å². The molecule has 0 bridgehead atoms. The predicted octanol–water partition coefficient (Wildman–Crippen LogP) is 2.94. The van der Waals surface area contributed by atoms with Crippen molar-refractivity contribution in [2.75, 3.05) is 31.6 Å². The van der Waals surface area contributed by atoms with E-state index < -0.39 is 0 Å². The van der Waals surface area contributed by atoms with Crippen LogP contribution in [0.1, 0.15) is 10.4 Å². The van der Waals surface area contributed by atoms with Crippen molar-refractivity contribution in [2.45, 2.75) is 6.23 Å². The minimum Gasteiger partial charge on any atom is -0.469 e. The number of halogens is 1. The van der Waals surface area contributed by atoms with Crippen molar-refractivity contribution in [3.8, 4) is 5.75 Å². The first-order chi connectivity index (χ1) is 11.7. The van der Waals surface area contributed by atoms with Crippen LogP contribution in [0.5, 0.6) is 5.75 Å². The van der Waals surface area contributed by atoms with Gasteiger partial charge in [-0.25, -0.2) is 4.79 Å². The van der Waals surface area contributed by atoms with E-state index in [2.05, 4.69) is 10.2 Å². The molecule has 1 unspecified atom stereocenters. The van der Waals surface area contributed by atoms with E-state index >= 15 is 0 Å². The molecule has 0 spiro atoms. The van der Waals surface area contributed by atoms with E-state index in [1.807, 2.05) is 30.3 Å². The van der Waals surface area contributed by atoms with Crippen LogP contribution in [0.3, 0.4) is 0 Å². The van der Waals surface area contributed by atoms with Gasteiger partial charge in [-0.2, -0.15) is 0 Å². The van der Waals surface area contributed by atoms with Gasteiger partial charge in [-0.1, -0.05) is 17.7 Å². The van der Waals surface area contributed by atoms with Crippen LogP contribution in [-0.4, -0.2) is 38.9 Å². The van der Waals surface area contributed by atoms with Gasteiger partial charge in [0, 0.05) is 23.8 Å². The third-order valence-electron chi connectivity index (χ3n) is 3.88. The van der Waals surface area contributed by atoms with E-state index in [0.717, 1.165) is 24.5 Å². The molecule has 0 saturated carbocycles. The molecule has 2 aromatic carbocycles. The number of rotatable bonds is 4. The number of piperazine rings is 1. The predicted molar refractivity (Wildman–Crippen MR) is 93.9 cm³/mol. The largest absolute Gasteiger partial charge is 0.469 e. The Morgan fingerprint density at radius 2 is 2.04 bits per heavy atom. The highest BCUT2D eigenvalue weighted by Crippen LogP contribution is 2.24. The first kappa shape index (κ1) is 16.6. The first-order valence-corrected chi connectivity index (χ1v) is 8.13. The van der Waals surface area contributed by atoms with E-state index in [1.165, 1.54) is 7.11 Å². The number of anilines is 1. The van der Waals surface area contributed by atoms with Crippen molar-refractivity contribution in [2.24, 2.45) is 0 Å². The van der Waals surface area contributed by atoms with Crippen LogP contribution in [-0.2, 0) is 4.74 Å². The maximum atomic E-state index is 11.6. The summed E-state index contributed by atoms with van der Waals surface area (Å²) in [5.41, 5.74) is 1.53. The summed E-state index contributed by atoms with van der Waals surface area (Å²) in [6.45, 7) is 2.38. The van der Waals surface area contributed by atoms with E-state index in [1.54, 1.807) is 18.2 Å². The maximum absolute atomic E-state index is 11.6. The van der Waals surface area contributed by atoms with Crippen molar-refractivity contribution in [1.82, 2.24) is 5.32 Å².